The van der Waals surface area contributed by atoms with Crippen LogP contribution in [0.1, 0.15) is 0 Å². The summed E-state index contributed by atoms with van der Waals surface area (Å²) in [7, 11) is 0. The molecule has 2 N–H and O–H groups in total. The molecule has 180 valence electrons. The highest BCUT2D eigenvalue weighted by molar-refractivity contribution is 5.41. The van der Waals surface area contributed by atoms with E-state index in [2.05, 4.69) is 0 Å². The van der Waals surface area contributed by atoms with Gasteiger partial charge in [-0.25, -0.2) is 0 Å². The van der Waals surface area contributed by atoms with Gasteiger partial charge in [-0.2, -0.15) is 0 Å². The Labute approximate surface area is 203 Å². The molecule has 0 aliphatic heterocycles. The van der Waals surface area contributed by atoms with E-state index < -0.39 is 0 Å². The van der Waals surface area contributed by atoms with Gasteiger partial charge in [0.1, 0.15) is 59.2 Å². The van der Waals surface area contributed by atoms with Gasteiger partial charge in [-0.1, -0.05) is 0 Å². The third-order valence-electron chi connectivity index (χ3n) is 4.72. The molecule has 7 nitrogen and oxygen atoms in total. The van der Waals surface area contributed by atoms with Crippen LogP contribution < -0.4 is 23.7 Å². The summed E-state index contributed by atoms with van der Waals surface area (Å²) in [5.74, 6) is 5.42. The molecule has 0 bridgehead atoms. The van der Waals surface area contributed by atoms with E-state index in [0.29, 0.717) is 46.0 Å². The number of rotatable bonds is 12. The van der Waals surface area contributed by atoms with Crippen molar-refractivity contribution in [2.75, 3.05) is 26.4 Å². The molecule has 0 spiro atoms. The summed E-state index contributed by atoms with van der Waals surface area (Å²) in [4.78, 5) is 0. The Morgan fingerprint density at radius 3 is 0.743 bits per heavy atom. The summed E-state index contributed by atoms with van der Waals surface area (Å²) < 4.78 is 28.3. The predicted octanol–water partition coefficient (Wildman–Crippen LogP) is 5.81. The lowest BCUT2D eigenvalue weighted by Crippen LogP contribution is -2.01. The van der Waals surface area contributed by atoms with Crippen molar-refractivity contribution in [2.45, 2.75) is 0 Å². The number of aliphatic hydroxyl groups excluding tert-OH is 2. The smallest absolute Gasteiger partial charge is 0.127 e. The van der Waals surface area contributed by atoms with Gasteiger partial charge >= 0.3 is 0 Å². The molecule has 4 aromatic carbocycles. The van der Waals surface area contributed by atoms with Gasteiger partial charge < -0.3 is 33.9 Å². The average molecular weight is 475 g/mol. The van der Waals surface area contributed by atoms with Crippen LogP contribution in [-0.4, -0.2) is 36.6 Å². The van der Waals surface area contributed by atoms with E-state index >= 15 is 0 Å². The molecule has 0 fully saturated rings. The largest absolute Gasteiger partial charge is 0.491 e. The Morgan fingerprint density at radius 1 is 0.343 bits per heavy atom. The Morgan fingerprint density at radius 2 is 0.543 bits per heavy atom. The molecule has 0 saturated carbocycles. The van der Waals surface area contributed by atoms with Gasteiger partial charge in [0, 0.05) is 0 Å². The lowest BCUT2D eigenvalue weighted by Gasteiger charge is -2.10. The second-order valence-electron chi connectivity index (χ2n) is 7.34. The first-order valence-corrected chi connectivity index (χ1v) is 11.1. The van der Waals surface area contributed by atoms with E-state index in [0.717, 1.165) is 0 Å². The molecule has 0 amide bonds. The van der Waals surface area contributed by atoms with Crippen LogP contribution in [0.15, 0.2) is 97.1 Å². The minimum Gasteiger partial charge on any atom is -0.491 e. The first kappa shape index (κ1) is 23.9. The Hall–Kier alpha value is -4.20. The quantitative estimate of drug-likeness (QED) is 0.268. The second kappa shape index (κ2) is 12.3. The lowest BCUT2D eigenvalue weighted by atomic mass is 10.3. The van der Waals surface area contributed by atoms with Crippen molar-refractivity contribution in [2.24, 2.45) is 0 Å². The first-order valence-electron chi connectivity index (χ1n) is 11.1. The van der Waals surface area contributed by atoms with Crippen molar-refractivity contribution in [1.82, 2.24) is 0 Å². The van der Waals surface area contributed by atoms with Crippen LogP contribution in [0.25, 0.3) is 0 Å². The zero-order chi connectivity index (χ0) is 24.3. The van der Waals surface area contributed by atoms with Crippen molar-refractivity contribution < 1.29 is 33.9 Å². The maximum absolute atomic E-state index is 8.81. The maximum atomic E-state index is 8.81. The van der Waals surface area contributed by atoms with Crippen LogP contribution >= 0.6 is 0 Å². The van der Waals surface area contributed by atoms with Gasteiger partial charge in [0.25, 0.3) is 0 Å². The van der Waals surface area contributed by atoms with Crippen LogP contribution in [0.5, 0.6) is 46.0 Å². The van der Waals surface area contributed by atoms with E-state index in [1.54, 1.807) is 48.5 Å². The molecule has 0 aromatic heterocycles. The van der Waals surface area contributed by atoms with Gasteiger partial charge in [-0.3, -0.25) is 0 Å². The van der Waals surface area contributed by atoms with Gasteiger partial charge in [0.15, 0.2) is 0 Å². The van der Waals surface area contributed by atoms with E-state index in [1.807, 2.05) is 48.5 Å². The fourth-order valence-corrected chi connectivity index (χ4v) is 3.09. The molecule has 4 rings (SSSR count). The summed E-state index contributed by atoms with van der Waals surface area (Å²) in [6.07, 6.45) is 0. The lowest BCUT2D eigenvalue weighted by molar-refractivity contribution is 0.201. The number of hydrogen-bond acceptors (Lipinski definition) is 7. The van der Waals surface area contributed by atoms with Crippen molar-refractivity contribution in [3.8, 4) is 46.0 Å². The fourth-order valence-electron chi connectivity index (χ4n) is 3.09. The van der Waals surface area contributed by atoms with Crippen molar-refractivity contribution in [3.05, 3.63) is 97.1 Å². The van der Waals surface area contributed by atoms with Gasteiger partial charge in [0.05, 0.1) is 13.2 Å². The minimum absolute atomic E-state index is 0.0253. The molecule has 0 saturated heterocycles. The van der Waals surface area contributed by atoms with Gasteiger partial charge in [-0.05, 0) is 97.1 Å². The van der Waals surface area contributed by atoms with Crippen LogP contribution in [-0.2, 0) is 0 Å². The fraction of sp³-hybridized carbons (Fsp3) is 0.143. The molecule has 0 unspecified atom stereocenters. The van der Waals surface area contributed by atoms with Crippen LogP contribution in [0.2, 0.25) is 0 Å². The van der Waals surface area contributed by atoms with E-state index in [4.69, 9.17) is 33.9 Å². The molecule has 0 radical (unpaired) electrons. The Kier molecular flexibility index (Phi) is 8.42. The van der Waals surface area contributed by atoms with Crippen LogP contribution in [0.4, 0.5) is 0 Å². The molecule has 0 heterocycles. The molecular formula is C28H26O7. The Balaban J connectivity index is 1.28. The van der Waals surface area contributed by atoms with Crippen molar-refractivity contribution in [3.63, 3.8) is 0 Å². The molecule has 4 aromatic rings. The molecule has 7 heteroatoms. The summed E-state index contributed by atoms with van der Waals surface area (Å²) in [6, 6.07) is 29.0. The highest BCUT2D eigenvalue weighted by atomic mass is 16.5. The number of benzene rings is 4. The first-order chi connectivity index (χ1) is 17.2. The van der Waals surface area contributed by atoms with E-state index in [-0.39, 0.29) is 26.4 Å². The van der Waals surface area contributed by atoms with E-state index in [9.17, 15) is 0 Å². The predicted molar refractivity (Wildman–Crippen MR) is 131 cm³/mol. The normalized spacial score (nSPS) is 10.5. The summed E-state index contributed by atoms with van der Waals surface area (Å²) in [6.45, 7) is 0.465. The third-order valence-corrected chi connectivity index (χ3v) is 4.72. The SMILES string of the molecule is OCCOc1ccc(Oc2ccc(Oc3ccc(Oc4ccc(OCCO)cc4)cc3)cc2)cc1. The number of ether oxygens (including phenoxy) is 5. The molecule has 0 aliphatic carbocycles. The monoisotopic (exact) mass is 474 g/mol. The summed E-state index contributed by atoms with van der Waals surface area (Å²) >= 11 is 0. The Bertz CT molecular complexity index is 1060. The van der Waals surface area contributed by atoms with Gasteiger partial charge in [0.2, 0.25) is 0 Å². The zero-order valence-electron chi connectivity index (χ0n) is 19.0. The summed E-state index contributed by atoms with van der Waals surface area (Å²) in [5.41, 5.74) is 0. The third kappa shape index (κ3) is 7.40. The van der Waals surface area contributed by atoms with Crippen LogP contribution in [0, 0.1) is 0 Å². The zero-order valence-corrected chi connectivity index (χ0v) is 19.0. The topological polar surface area (TPSA) is 86.6 Å². The van der Waals surface area contributed by atoms with Crippen molar-refractivity contribution in [1.29, 1.82) is 0 Å². The second-order valence-corrected chi connectivity index (χ2v) is 7.34. The molecule has 0 aliphatic rings. The minimum atomic E-state index is -0.0253. The molecule has 35 heavy (non-hydrogen) atoms. The molecular weight excluding hydrogens is 448 g/mol. The molecule has 0 atom stereocenters. The number of aliphatic hydroxyl groups is 2. The summed E-state index contributed by atoms with van der Waals surface area (Å²) in [5, 5.41) is 17.6. The number of hydrogen-bond donors (Lipinski definition) is 2. The van der Waals surface area contributed by atoms with E-state index in [1.165, 1.54) is 0 Å². The maximum Gasteiger partial charge on any atom is 0.127 e. The highest BCUT2D eigenvalue weighted by Crippen LogP contribution is 2.30. The van der Waals surface area contributed by atoms with Gasteiger partial charge in [-0.15, -0.1) is 0 Å². The standard InChI is InChI=1S/C28H26O7/c29-17-19-31-21-1-5-23(6-2-21)33-25-9-13-27(14-10-25)35-28-15-11-26(12-16-28)34-24-7-3-22(4-8-24)32-20-18-30/h1-16,29-30H,17-20H2. The van der Waals surface area contributed by atoms with Crippen molar-refractivity contribution >= 4 is 0 Å². The van der Waals surface area contributed by atoms with Crippen LogP contribution in [0.3, 0.4) is 0 Å². The average Bonchev–Trinajstić information content (AvgIpc) is 2.90. The highest BCUT2D eigenvalue weighted by Gasteiger charge is 2.03.